The Labute approximate surface area is 217 Å². The molecule has 0 aromatic heterocycles. The predicted molar refractivity (Wildman–Crippen MR) is 141 cm³/mol. The molecule has 1 fully saturated rings. The van der Waals surface area contributed by atoms with E-state index in [0.717, 1.165) is 36.1 Å². The minimum Gasteiger partial charge on any atom is -0.444 e. The average molecular weight is 521 g/mol. The number of hydrogen-bond donors (Lipinski definition) is 3. The van der Waals surface area contributed by atoms with E-state index in [4.69, 9.17) is 27.9 Å². The van der Waals surface area contributed by atoms with Gasteiger partial charge in [0, 0.05) is 48.0 Å². The summed E-state index contributed by atoms with van der Waals surface area (Å²) in [6, 6.07) is 13.7. The zero-order chi connectivity index (χ0) is 25.4. The van der Waals surface area contributed by atoms with Crippen molar-refractivity contribution in [1.82, 2.24) is 15.5 Å². The third-order valence-electron chi connectivity index (χ3n) is 5.63. The van der Waals surface area contributed by atoms with E-state index in [2.05, 4.69) is 40.2 Å². The fourth-order valence-corrected chi connectivity index (χ4v) is 4.28. The first-order valence-corrected chi connectivity index (χ1v) is 12.6. The fourth-order valence-electron chi connectivity index (χ4n) is 3.80. The molecule has 3 N–H and O–H groups in total. The maximum atomic E-state index is 12.5. The van der Waals surface area contributed by atoms with Crippen LogP contribution in [0.1, 0.15) is 44.7 Å². The van der Waals surface area contributed by atoms with E-state index >= 15 is 0 Å². The van der Waals surface area contributed by atoms with Gasteiger partial charge in [0.1, 0.15) is 5.60 Å². The molecule has 190 valence electrons. The summed E-state index contributed by atoms with van der Waals surface area (Å²) in [6.45, 7) is 7.79. The number of halogens is 2. The lowest BCUT2D eigenvalue weighted by molar-refractivity contribution is 0.0528. The first kappa shape index (κ1) is 27.0. The number of likely N-dealkylation sites (tertiary alicyclic amines) is 1. The third kappa shape index (κ3) is 9.15. The highest BCUT2D eigenvalue weighted by molar-refractivity contribution is 6.35. The molecule has 0 unspecified atom stereocenters. The van der Waals surface area contributed by atoms with Gasteiger partial charge < -0.3 is 25.6 Å². The standard InChI is InChI=1S/C26H34Cl2N4O3/c1-26(2,3)35-25(34)29-13-10-18-4-8-21(9-5-18)31-22-11-14-32(15-12-22)24(33)30-17-19-6-7-20(27)16-23(19)28/h4-9,16,22,31H,10-15,17H2,1-3H3,(H,29,34)(H,30,33). The summed E-state index contributed by atoms with van der Waals surface area (Å²) >= 11 is 12.1. The van der Waals surface area contributed by atoms with Crippen molar-refractivity contribution in [3.8, 4) is 0 Å². The van der Waals surface area contributed by atoms with Crippen LogP contribution in [0.25, 0.3) is 0 Å². The summed E-state index contributed by atoms with van der Waals surface area (Å²) in [5, 5.41) is 10.4. The number of urea groups is 1. The molecule has 1 heterocycles. The summed E-state index contributed by atoms with van der Waals surface area (Å²) in [5.41, 5.74) is 2.53. The van der Waals surface area contributed by atoms with Gasteiger partial charge in [-0.25, -0.2) is 9.59 Å². The van der Waals surface area contributed by atoms with Crippen molar-refractivity contribution in [3.63, 3.8) is 0 Å². The van der Waals surface area contributed by atoms with Crippen molar-refractivity contribution in [2.75, 3.05) is 25.0 Å². The van der Waals surface area contributed by atoms with Crippen LogP contribution in [0.3, 0.4) is 0 Å². The summed E-state index contributed by atoms with van der Waals surface area (Å²) in [4.78, 5) is 26.1. The minimum absolute atomic E-state index is 0.0844. The van der Waals surface area contributed by atoms with Crippen LogP contribution in [0.2, 0.25) is 10.0 Å². The van der Waals surface area contributed by atoms with Crippen LogP contribution in [-0.4, -0.2) is 48.3 Å². The average Bonchev–Trinajstić information content (AvgIpc) is 2.79. The molecule has 1 aliphatic heterocycles. The molecule has 9 heteroatoms. The number of piperidine rings is 1. The number of carbonyl (C=O) groups is 2. The monoisotopic (exact) mass is 520 g/mol. The number of benzene rings is 2. The molecule has 7 nitrogen and oxygen atoms in total. The van der Waals surface area contributed by atoms with E-state index in [-0.39, 0.29) is 6.03 Å². The van der Waals surface area contributed by atoms with Gasteiger partial charge in [-0.05, 0) is 75.4 Å². The number of hydrogen-bond acceptors (Lipinski definition) is 4. The zero-order valence-corrected chi connectivity index (χ0v) is 22.0. The maximum Gasteiger partial charge on any atom is 0.407 e. The molecule has 1 saturated heterocycles. The number of ether oxygens (including phenoxy) is 1. The van der Waals surface area contributed by atoms with Crippen LogP contribution < -0.4 is 16.0 Å². The highest BCUT2D eigenvalue weighted by atomic mass is 35.5. The Morgan fingerprint density at radius 2 is 1.71 bits per heavy atom. The van der Waals surface area contributed by atoms with Gasteiger partial charge >= 0.3 is 12.1 Å². The third-order valence-corrected chi connectivity index (χ3v) is 6.22. The van der Waals surface area contributed by atoms with Crippen molar-refractivity contribution < 1.29 is 14.3 Å². The lowest BCUT2D eigenvalue weighted by Crippen LogP contribution is -2.46. The van der Waals surface area contributed by atoms with Crippen molar-refractivity contribution in [2.24, 2.45) is 0 Å². The topological polar surface area (TPSA) is 82.7 Å². The molecule has 2 aromatic rings. The molecule has 0 saturated carbocycles. The normalized spacial score (nSPS) is 14.4. The minimum atomic E-state index is -0.497. The van der Waals surface area contributed by atoms with Gasteiger partial charge in [0.25, 0.3) is 0 Å². The van der Waals surface area contributed by atoms with E-state index in [1.54, 1.807) is 12.1 Å². The highest BCUT2D eigenvalue weighted by Gasteiger charge is 2.22. The van der Waals surface area contributed by atoms with Crippen molar-refractivity contribution in [3.05, 3.63) is 63.6 Å². The summed E-state index contributed by atoms with van der Waals surface area (Å²) in [6.07, 6.45) is 2.08. The predicted octanol–water partition coefficient (Wildman–Crippen LogP) is 5.85. The van der Waals surface area contributed by atoms with Gasteiger partial charge in [-0.2, -0.15) is 0 Å². The maximum absolute atomic E-state index is 12.5. The number of nitrogens with one attached hydrogen (secondary N) is 3. The number of nitrogens with zero attached hydrogens (tertiary/aromatic N) is 1. The molecule has 35 heavy (non-hydrogen) atoms. The SMILES string of the molecule is CC(C)(C)OC(=O)NCCc1ccc(NC2CCN(C(=O)NCc3ccc(Cl)cc3Cl)CC2)cc1. The largest absolute Gasteiger partial charge is 0.444 e. The van der Waals surface area contributed by atoms with Gasteiger partial charge in [0.05, 0.1) is 0 Å². The second kappa shape index (κ2) is 12.4. The van der Waals surface area contributed by atoms with Gasteiger partial charge in [-0.1, -0.05) is 41.4 Å². The van der Waals surface area contributed by atoms with E-state index in [1.807, 2.05) is 31.7 Å². The molecule has 0 spiro atoms. The van der Waals surface area contributed by atoms with E-state index in [9.17, 15) is 9.59 Å². The van der Waals surface area contributed by atoms with Crippen LogP contribution in [0.5, 0.6) is 0 Å². The first-order valence-electron chi connectivity index (χ1n) is 11.9. The molecule has 3 amide bonds. The molecule has 2 aromatic carbocycles. The highest BCUT2D eigenvalue weighted by Crippen LogP contribution is 2.21. The number of amides is 3. The van der Waals surface area contributed by atoms with E-state index < -0.39 is 11.7 Å². The molecule has 3 rings (SSSR count). The Hall–Kier alpha value is -2.64. The Morgan fingerprint density at radius 3 is 2.34 bits per heavy atom. The van der Waals surface area contributed by atoms with E-state index in [1.165, 1.54) is 0 Å². The smallest absolute Gasteiger partial charge is 0.407 e. The zero-order valence-electron chi connectivity index (χ0n) is 20.5. The number of alkyl carbamates (subject to hydrolysis) is 1. The Morgan fingerprint density at radius 1 is 1.03 bits per heavy atom. The quantitative estimate of drug-likeness (QED) is 0.427. The molecule has 0 atom stereocenters. The summed E-state index contributed by atoms with van der Waals surface area (Å²) in [7, 11) is 0. The Kier molecular flexibility index (Phi) is 9.52. The Bertz CT molecular complexity index is 1000. The molecule has 0 radical (unpaired) electrons. The van der Waals surface area contributed by atoms with Crippen molar-refractivity contribution >= 4 is 41.0 Å². The van der Waals surface area contributed by atoms with Crippen molar-refractivity contribution in [1.29, 1.82) is 0 Å². The molecular formula is C26H34Cl2N4O3. The lowest BCUT2D eigenvalue weighted by Gasteiger charge is -2.33. The van der Waals surface area contributed by atoms with Gasteiger partial charge in [-0.15, -0.1) is 0 Å². The summed E-state index contributed by atoms with van der Waals surface area (Å²) < 4.78 is 5.25. The number of rotatable bonds is 7. The van der Waals surface area contributed by atoms with Crippen molar-refractivity contribution in [2.45, 2.75) is 58.2 Å². The lowest BCUT2D eigenvalue weighted by atomic mass is 10.0. The summed E-state index contributed by atoms with van der Waals surface area (Å²) in [5.74, 6) is 0. The molecular weight excluding hydrogens is 487 g/mol. The first-order chi connectivity index (χ1) is 16.6. The number of anilines is 1. The molecule has 0 bridgehead atoms. The molecule has 0 aliphatic carbocycles. The van der Waals surface area contributed by atoms with E-state index in [0.29, 0.717) is 42.3 Å². The second-order valence-corrected chi connectivity index (χ2v) is 10.5. The van der Waals surface area contributed by atoms with Crippen LogP contribution in [0, 0.1) is 0 Å². The van der Waals surface area contributed by atoms with Crippen LogP contribution in [0.15, 0.2) is 42.5 Å². The fraction of sp³-hybridized carbons (Fsp3) is 0.462. The van der Waals surface area contributed by atoms with Crippen LogP contribution >= 0.6 is 23.2 Å². The Balaban J connectivity index is 1.36. The van der Waals surface area contributed by atoms with Crippen LogP contribution in [0.4, 0.5) is 15.3 Å². The van der Waals surface area contributed by atoms with Gasteiger partial charge in [-0.3, -0.25) is 0 Å². The molecule has 1 aliphatic rings. The number of carbonyl (C=O) groups excluding carboxylic acids is 2. The second-order valence-electron chi connectivity index (χ2n) is 9.68. The van der Waals surface area contributed by atoms with Crippen LogP contribution in [-0.2, 0) is 17.7 Å². The van der Waals surface area contributed by atoms with Gasteiger partial charge in [0.2, 0.25) is 0 Å². The van der Waals surface area contributed by atoms with Gasteiger partial charge in [0.15, 0.2) is 0 Å².